The van der Waals surface area contributed by atoms with E-state index < -0.39 is 17.5 Å². The number of rotatable bonds is 4. The number of imidazole rings is 1. The fraction of sp³-hybridized carbons (Fsp3) is 0.304. The zero-order valence-corrected chi connectivity index (χ0v) is 17.4. The van der Waals surface area contributed by atoms with E-state index in [-0.39, 0.29) is 22.8 Å². The molecular formula is C23H21F4N5. The summed E-state index contributed by atoms with van der Waals surface area (Å²) in [5, 5.41) is 0.785. The first kappa shape index (κ1) is 20.7. The van der Waals surface area contributed by atoms with Gasteiger partial charge in [0.2, 0.25) is 0 Å². The Bertz CT molecular complexity index is 1300. The second-order valence-corrected chi connectivity index (χ2v) is 8.18. The lowest BCUT2D eigenvalue weighted by molar-refractivity contribution is 0.244. The Kier molecular flexibility index (Phi) is 5.21. The van der Waals surface area contributed by atoms with Crippen LogP contribution >= 0.6 is 0 Å². The Balaban J connectivity index is 1.29. The number of nitrogens with one attached hydrogen (secondary N) is 1. The molecule has 0 amide bonds. The molecule has 1 atom stereocenters. The van der Waals surface area contributed by atoms with Crippen molar-refractivity contribution >= 4 is 27.6 Å². The van der Waals surface area contributed by atoms with Crippen molar-refractivity contribution in [2.75, 3.05) is 37.6 Å². The molecule has 0 saturated carbocycles. The Labute approximate surface area is 181 Å². The van der Waals surface area contributed by atoms with Gasteiger partial charge in [0, 0.05) is 62.0 Å². The second kappa shape index (κ2) is 8.05. The van der Waals surface area contributed by atoms with E-state index in [1.807, 2.05) is 13.0 Å². The molecule has 1 saturated heterocycles. The molecule has 5 rings (SSSR count). The highest BCUT2D eigenvalue weighted by Crippen LogP contribution is 2.28. The molecule has 5 nitrogen and oxygen atoms in total. The highest BCUT2D eigenvalue weighted by atomic mass is 19.2. The summed E-state index contributed by atoms with van der Waals surface area (Å²) < 4.78 is 55.2. The van der Waals surface area contributed by atoms with Crippen molar-refractivity contribution in [2.45, 2.75) is 12.8 Å². The van der Waals surface area contributed by atoms with Gasteiger partial charge in [0.1, 0.15) is 22.7 Å². The Hall–Kier alpha value is -3.20. The quantitative estimate of drug-likeness (QED) is 0.370. The van der Waals surface area contributed by atoms with Crippen LogP contribution in [0.15, 0.2) is 36.5 Å². The lowest BCUT2D eigenvalue weighted by Crippen LogP contribution is -2.47. The van der Waals surface area contributed by atoms with Crippen molar-refractivity contribution in [3.05, 3.63) is 65.6 Å². The summed E-state index contributed by atoms with van der Waals surface area (Å²) in [5.41, 5.74) is 1.27. The van der Waals surface area contributed by atoms with Gasteiger partial charge >= 0.3 is 0 Å². The Morgan fingerprint density at radius 2 is 1.78 bits per heavy atom. The van der Waals surface area contributed by atoms with E-state index >= 15 is 0 Å². The van der Waals surface area contributed by atoms with E-state index in [4.69, 9.17) is 0 Å². The largest absolute Gasteiger partial charge is 0.368 e. The first-order chi connectivity index (χ1) is 15.4. The summed E-state index contributed by atoms with van der Waals surface area (Å²) in [6, 6.07) is 7.01. The molecule has 0 spiro atoms. The zero-order chi connectivity index (χ0) is 22.4. The number of aromatic amines is 1. The highest BCUT2D eigenvalue weighted by molar-refractivity contribution is 5.91. The predicted octanol–water partition coefficient (Wildman–Crippen LogP) is 4.59. The van der Waals surface area contributed by atoms with E-state index in [2.05, 4.69) is 24.8 Å². The molecule has 0 bridgehead atoms. The number of benzene rings is 2. The maximum atomic E-state index is 14.0. The summed E-state index contributed by atoms with van der Waals surface area (Å²) in [4.78, 5) is 15.7. The van der Waals surface area contributed by atoms with Gasteiger partial charge in [-0.15, -0.1) is 0 Å². The third-order valence-electron chi connectivity index (χ3n) is 6.02. The molecule has 1 aliphatic heterocycles. The van der Waals surface area contributed by atoms with Gasteiger partial charge in [-0.25, -0.2) is 22.5 Å². The molecule has 3 heterocycles. The molecule has 2 aromatic heterocycles. The SMILES string of the molecule is CC(CN1CCN(c2ccnc3ccc(F)cc23)CC1)c1nc2c(F)cc(F)c(F)c2[nH]1. The van der Waals surface area contributed by atoms with Crippen LogP contribution in [0.4, 0.5) is 23.2 Å². The average molecular weight is 443 g/mol. The first-order valence-corrected chi connectivity index (χ1v) is 10.5. The van der Waals surface area contributed by atoms with Crippen molar-refractivity contribution in [3.63, 3.8) is 0 Å². The number of nitrogens with zero attached hydrogens (tertiary/aromatic N) is 4. The molecule has 0 radical (unpaired) electrons. The monoisotopic (exact) mass is 443 g/mol. The van der Waals surface area contributed by atoms with Gasteiger partial charge in [-0.05, 0) is 24.3 Å². The maximum absolute atomic E-state index is 14.0. The number of piperazine rings is 1. The first-order valence-electron chi connectivity index (χ1n) is 10.5. The van der Waals surface area contributed by atoms with Crippen molar-refractivity contribution in [3.8, 4) is 0 Å². The summed E-state index contributed by atoms with van der Waals surface area (Å²) in [6.07, 6.45) is 1.73. The molecule has 1 fully saturated rings. The van der Waals surface area contributed by atoms with Crippen molar-refractivity contribution in [1.82, 2.24) is 19.9 Å². The minimum Gasteiger partial charge on any atom is -0.368 e. The third kappa shape index (κ3) is 3.66. The highest BCUT2D eigenvalue weighted by Gasteiger charge is 2.24. The number of halogens is 4. The van der Waals surface area contributed by atoms with E-state index in [0.29, 0.717) is 18.4 Å². The van der Waals surface area contributed by atoms with Crippen LogP contribution in [0, 0.1) is 23.3 Å². The van der Waals surface area contributed by atoms with E-state index in [1.54, 1.807) is 12.3 Å². The smallest absolute Gasteiger partial charge is 0.184 e. The zero-order valence-electron chi connectivity index (χ0n) is 17.4. The lowest BCUT2D eigenvalue weighted by atomic mass is 10.1. The van der Waals surface area contributed by atoms with Crippen LogP contribution in [0.5, 0.6) is 0 Å². The van der Waals surface area contributed by atoms with Gasteiger partial charge in [-0.3, -0.25) is 9.88 Å². The minimum absolute atomic E-state index is 0.133. The van der Waals surface area contributed by atoms with Crippen LogP contribution < -0.4 is 4.90 Å². The number of fused-ring (bicyclic) bond motifs is 2. The van der Waals surface area contributed by atoms with Gasteiger partial charge in [0.25, 0.3) is 0 Å². The van der Waals surface area contributed by atoms with Crippen molar-refractivity contribution in [1.29, 1.82) is 0 Å². The van der Waals surface area contributed by atoms with E-state index in [0.717, 1.165) is 42.8 Å². The fourth-order valence-electron chi connectivity index (χ4n) is 4.34. The lowest BCUT2D eigenvalue weighted by Gasteiger charge is -2.37. The topological polar surface area (TPSA) is 48.1 Å². The molecule has 166 valence electrons. The summed E-state index contributed by atoms with van der Waals surface area (Å²) in [7, 11) is 0. The second-order valence-electron chi connectivity index (χ2n) is 8.18. The average Bonchev–Trinajstić information content (AvgIpc) is 3.24. The van der Waals surface area contributed by atoms with Crippen LogP contribution in [0.1, 0.15) is 18.7 Å². The standard InChI is InChI=1S/C23H21F4N5/c1-13(23-29-21-17(26)11-16(25)20(27)22(21)30-23)12-31-6-8-32(9-7-31)19-4-5-28-18-3-2-14(24)10-15(18)19/h2-5,10-11,13H,6-9,12H2,1H3,(H,29,30). The molecule has 1 N–H and O–H groups in total. The Morgan fingerprint density at radius 3 is 2.56 bits per heavy atom. The van der Waals surface area contributed by atoms with Gasteiger partial charge in [0.15, 0.2) is 17.5 Å². The summed E-state index contributed by atoms with van der Waals surface area (Å²) >= 11 is 0. The van der Waals surface area contributed by atoms with Gasteiger partial charge in [-0.1, -0.05) is 6.92 Å². The van der Waals surface area contributed by atoms with Crippen molar-refractivity contribution in [2.24, 2.45) is 0 Å². The number of hydrogen-bond acceptors (Lipinski definition) is 4. The summed E-state index contributed by atoms with van der Waals surface area (Å²) in [5.74, 6) is -3.26. The molecule has 0 aliphatic carbocycles. The molecule has 1 unspecified atom stereocenters. The minimum atomic E-state index is -1.24. The Morgan fingerprint density at radius 1 is 1.00 bits per heavy atom. The normalized spacial score (nSPS) is 16.2. The summed E-state index contributed by atoms with van der Waals surface area (Å²) in [6.45, 7) is 5.57. The van der Waals surface area contributed by atoms with Crippen LogP contribution in [-0.4, -0.2) is 52.6 Å². The molecule has 2 aromatic carbocycles. The van der Waals surface area contributed by atoms with Gasteiger partial charge < -0.3 is 9.88 Å². The number of hydrogen-bond donors (Lipinski definition) is 1. The van der Waals surface area contributed by atoms with E-state index in [1.165, 1.54) is 12.1 Å². The third-order valence-corrected chi connectivity index (χ3v) is 6.02. The maximum Gasteiger partial charge on any atom is 0.184 e. The molecule has 4 aromatic rings. The predicted molar refractivity (Wildman–Crippen MR) is 115 cm³/mol. The van der Waals surface area contributed by atoms with Crippen LogP contribution in [0.25, 0.3) is 21.9 Å². The van der Waals surface area contributed by atoms with Crippen LogP contribution in [0.2, 0.25) is 0 Å². The molecule has 1 aliphatic rings. The number of pyridine rings is 1. The van der Waals surface area contributed by atoms with Gasteiger partial charge in [0.05, 0.1) is 5.52 Å². The number of aromatic nitrogens is 3. The van der Waals surface area contributed by atoms with Crippen LogP contribution in [-0.2, 0) is 0 Å². The van der Waals surface area contributed by atoms with Crippen molar-refractivity contribution < 1.29 is 17.6 Å². The van der Waals surface area contributed by atoms with Crippen LogP contribution in [0.3, 0.4) is 0 Å². The number of H-pyrrole nitrogens is 1. The molecule has 32 heavy (non-hydrogen) atoms. The number of anilines is 1. The fourth-order valence-corrected chi connectivity index (χ4v) is 4.34. The van der Waals surface area contributed by atoms with E-state index in [9.17, 15) is 17.6 Å². The molecule has 9 heteroatoms. The van der Waals surface area contributed by atoms with Gasteiger partial charge in [-0.2, -0.15) is 0 Å². The molecular weight excluding hydrogens is 422 g/mol.